The molecule has 2 aromatic heterocycles. The lowest BCUT2D eigenvalue weighted by molar-refractivity contribution is 0.181. The van der Waals surface area contributed by atoms with E-state index < -0.39 is 0 Å². The van der Waals surface area contributed by atoms with E-state index >= 15 is 0 Å². The number of rotatable bonds is 3. The summed E-state index contributed by atoms with van der Waals surface area (Å²) in [6.07, 6.45) is 7.46. The van der Waals surface area contributed by atoms with E-state index in [2.05, 4.69) is 42.1 Å². The molecule has 0 aliphatic heterocycles. The predicted molar refractivity (Wildman–Crippen MR) is 85.1 cm³/mol. The van der Waals surface area contributed by atoms with Gasteiger partial charge in [0.25, 0.3) is 0 Å². The van der Waals surface area contributed by atoms with Gasteiger partial charge in [0.05, 0.1) is 23.5 Å². The Balaban J connectivity index is 1.92. The molecule has 2 aromatic rings. The Bertz CT molecular complexity index is 632. The summed E-state index contributed by atoms with van der Waals surface area (Å²) in [4.78, 5) is 8.34. The number of hydrogen-bond acceptors (Lipinski definition) is 5. The van der Waals surface area contributed by atoms with E-state index in [0.29, 0.717) is 11.7 Å². The molecule has 1 fully saturated rings. The maximum atomic E-state index is 9.76. The number of aromatic nitrogens is 4. The van der Waals surface area contributed by atoms with Gasteiger partial charge in [-0.15, -0.1) is 0 Å². The second-order valence-corrected chi connectivity index (χ2v) is 6.92. The zero-order valence-corrected chi connectivity index (χ0v) is 13.3. The van der Waals surface area contributed by atoms with E-state index in [0.717, 1.165) is 30.8 Å². The van der Waals surface area contributed by atoms with Crippen molar-refractivity contribution in [2.75, 3.05) is 5.32 Å². The van der Waals surface area contributed by atoms with Crippen molar-refractivity contribution in [2.24, 2.45) is 0 Å². The van der Waals surface area contributed by atoms with Crippen molar-refractivity contribution in [3.05, 3.63) is 30.4 Å². The molecule has 0 spiro atoms. The van der Waals surface area contributed by atoms with E-state index in [-0.39, 0.29) is 11.6 Å². The SMILES string of the molecule is CC(C)(C)n1nc(C2CCC(O)C2)cc1Nc1cnccn1. The number of hydrogen-bond donors (Lipinski definition) is 2. The fourth-order valence-corrected chi connectivity index (χ4v) is 2.92. The highest BCUT2D eigenvalue weighted by molar-refractivity contribution is 5.52. The molecule has 3 rings (SSSR count). The fraction of sp³-hybridized carbons (Fsp3) is 0.562. The van der Waals surface area contributed by atoms with Gasteiger partial charge in [0, 0.05) is 24.4 Å². The van der Waals surface area contributed by atoms with Crippen LogP contribution >= 0.6 is 0 Å². The van der Waals surface area contributed by atoms with E-state index in [1.807, 2.05) is 4.68 Å². The zero-order valence-electron chi connectivity index (χ0n) is 13.3. The molecule has 0 bridgehead atoms. The summed E-state index contributed by atoms with van der Waals surface area (Å²) in [5.41, 5.74) is 0.901. The third-order valence-corrected chi connectivity index (χ3v) is 4.01. The summed E-state index contributed by atoms with van der Waals surface area (Å²) < 4.78 is 1.99. The van der Waals surface area contributed by atoms with E-state index in [4.69, 9.17) is 5.10 Å². The van der Waals surface area contributed by atoms with Crippen LogP contribution in [0.1, 0.15) is 51.6 Å². The van der Waals surface area contributed by atoms with Crippen molar-refractivity contribution in [3.63, 3.8) is 0 Å². The molecule has 1 aliphatic carbocycles. The molecule has 1 saturated carbocycles. The molecule has 0 radical (unpaired) electrons. The Morgan fingerprint density at radius 3 is 2.68 bits per heavy atom. The van der Waals surface area contributed by atoms with Crippen molar-refractivity contribution < 1.29 is 5.11 Å². The number of aliphatic hydroxyl groups is 1. The summed E-state index contributed by atoms with van der Waals surface area (Å²) in [5, 5.41) is 17.9. The maximum Gasteiger partial charge on any atom is 0.150 e. The monoisotopic (exact) mass is 301 g/mol. The van der Waals surface area contributed by atoms with Gasteiger partial charge >= 0.3 is 0 Å². The second-order valence-electron chi connectivity index (χ2n) is 6.92. The lowest BCUT2D eigenvalue weighted by Gasteiger charge is -2.22. The van der Waals surface area contributed by atoms with E-state index in [1.165, 1.54) is 0 Å². The molecule has 118 valence electrons. The fourth-order valence-electron chi connectivity index (χ4n) is 2.92. The Hall–Kier alpha value is -1.95. The highest BCUT2D eigenvalue weighted by Crippen LogP contribution is 2.36. The third kappa shape index (κ3) is 3.11. The average Bonchev–Trinajstić information content (AvgIpc) is 3.06. The Morgan fingerprint density at radius 1 is 1.27 bits per heavy atom. The number of nitrogens with zero attached hydrogens (tertiary/aromatic N) is 4. The van der Waals surface area contributed by atoms with Crippen molar-refractivity contribution in [2.45, 2.75) is 57.6 Å². The Labute approximate surface area is 130 Å². The van der Waals surface area contributed by atoms with E-state index in [9.17, 15) is 5.11 Å². The molecule has 2 heterocycles. The minimum atomic E-state index is -0.193. The molecule has 22 heavy (non-hydrogen) atoms. The smallest absolute Gasteiger partial charge is 0.150 e. The standard InChI is InChI=1S/C16H23N5O/c1-16(2,3)21-15(19-14-10-17-6-7-18-14)9-13(20-21)11-4-5-12(22)8-11/h6-7,9-12,22H,4-5,8H2,1-3H3,(H,18,19). The molecule has 1 aliphatic rings. The molecule has 2 atom stereocenters. The van der Waals surface area contributed by atoms with Crippen LogP contribution in [0, 0.1) is 0 Å². The summed E-state index contributed by atoms with van der Waals surface area (Å²) in [6, 6.07) is 2.07. The molecule has 2 N–H and O–H groups in total. The van der Waals surface area contributed by atoms with Gasteiger partial charge in [-0.3, -0.25) is 4.98 Å². The summed E-state index contributed by atoms with van der Waals surface area (Å²) >= 11 is 0. The molecule has 2 unspecified atom stereocenters. The van der Waals surface area contributed by atoms with Crippen LogP contribution in [0.3, 0.4) is 0 Å². The van der Waals surface area contributed by atoms with E-state index in [1.54, 1.807) is 18.6 Å². The largest absolute Gasteiger partial charge is 0.393 e. The van der Waals surface area contributed by atoms with Crippen LogP contribution in [0.15, 0.2) is 24.7 Å². The molecule has 6 heteroatoms. The Morgan fingerprint density at radius 2 is 2.09 bits per heavy atom. The highest BCUT2D eigenvalue weighted by Gasteiger charge is 2.29. The molecular formula is C16H23N5O. The predicted octanol–water partition coefficient (Wildman–Crippen LogP) is 2.80. The van der Waals surface area contributed by atoms with Crippen molar-refractivity contribution >= 4 is 11.6 Å². The van der Waals surface area contributed by atoms with Crippen LogP contribution in [0.2, 0.25) is 0 Å². The average molecular weight is 301 g/mol. The van der Waals surface area contributed by atoms with Gasteiger partial charge in [0.2, 0.25) is 0 Å². The minimum Gasteiger partial charge on any atom is -0.393 e. The van der Waals surface area contributed by atoms with Crippen LogP contribution < -0.4 is 5.32 Å². The topological polar surface area (TPSA) is 75.9 Å². The quantitative estimate of drug-likeness (QED) is 0.911. The number of nitrogens with one attached hydrogen (secondary N) is 1. The molecular weight excluding hydrogens is 278 g/mol. The van der Waals surface area contributed by atoms with Gasteiger partial charge in [-0.25, -0.2) is 9.67 Å². The van der Waals surface area contributed by atoms with Crippen LogP contribution in [-0.4, -0.2) is 31.0 Å². The first-order chi connectivity index (χ1) is 10.4. The minimum absolute atomic E-state index is 0.139. The van der Waals surface area contributed by atoms with Crippen LogP contribution in [-0.2, 0) is 5.54 Å². The summed E-state index contributed by atoms with van der Waals surface area (Å²) in [7, 11) is 0. The molecule has 0 aromatic carbocycles. The van der Waals surface area contributed by atoms with Crippen LogP contribution in [0.5, 0.6) is 0 Å². The van der Waals surface area contributed by atoms with Gasteiger partial charge in [-0.2, -0.15) is 5.10 Å². The number of anilines is 2. The van der Waals surface area contributed by atoms with Crippen molar-refractivity contribution in [1.29, 1.82) is 0 Å². The van der Waals surface area contributed by atoms with Gasteiger partial charge in [-0.1, -0.05) is 0 Å². The van der Waals surface area contributed by atoms with Crippen LogP contribution in [0.25, 0.3) is 0 Å². The molecule has 0 saturated heterocycles. The number of aliphatic hydroxyl groups excluding tert-OH is 1. The summed E-state index contributed by atoms with van der Waals surface area (Å²) in [6.45, 7) is 6.36. The first-order valence-corrected chi connectivity index (χ1v) is 7.75. The van der Waals surface area contributed by atoms with Gasteiger partial charge in [-0.05, 0) is 40.0 Å². The zero-order chi connectivity index (χ0) is 15.7. The normalized spacial score (nSPS) is 22.0. The molecule has 6 nitrogen and oxygen atoms in total. The third-order valence-electron chi connectivity index (χ3n) is 4.01. The van der Waals surface area contributed by atoms with Crippen molar-refractivity contribution in [1.82, 2.24) is 19.7 Å². The van der Waals surface area contributed by atoms with Gasteiger partial charge in [0.15, 0.2) is 0 Å². The lowest BCUT2D eigenvalue weighted by Crippen LogP contribution is -2.25. The van der Waals surface area contributed by atoms with Crippen LogP contribution in [0.4, 0.5) is 11.6 Å². The Kier molecular flexibility index (Phi) is 3.87. The first-order valence-electron chi connectivity index (χ1n) is 7.75. The first kappa shape index (κ1) is 15.0. The maximum absolute atomic E-state index is 9.76. The summed E-state index contributed by atoms with van der Waals surface area (Å²) in [5.74, 6) is 1.94. The highest BCUT2D eigenvalue weighted by atomic mass is 16.3. The molecule has 0 amide bonds. The van der Waals surface area contributed by atoms with Crippen molar-refractivity contribution in [3.8, 4) is 0 Å². The van der Waals surface area contributed by atoms with Gasteiger partial charge < -0.3 is 10.4 Å². The lowest BCUT2D eigenvalue weighted by atomic mass is 10.0. The van der Waals surface area contributed by atoms with Gasteiger partial charge in [0.1, 0.15) is 11.6 Å². The second kappa shape index (κ2) is 5.68.